The van der Waals surface area contributed by atoms with Crippen LogP contribution in [0.15, 0.2) is 28.7 Å². The van der Waals surface area contributed by atoms with E-state index >= 15 is 0 Å². The Kier molecular flexibility index (Phi) is 3.91. The van der Waals surface area contributed by atoms with Gasteiger partial charge in [0.25, 0.3) is 5.91 Å². The number of aromatic nitrogens is 1. The summed E-state index contributed by atoms with van der Waals surface area (Å²) in [5.41, 5.74) is 1.28. The first kappa shape index (κ1) is 15.4. The fraction of sp³-hybridized carbons (Fsp3) is 0.312. The number of rotatable bonds is 2. The quantitative estimate of drug-likeness (QED) is 0.846. The molecular formula is C16H15BrN2O2S. The molecule has 0 unspecified atom stereocenters. The molecule has 1 heterocycles. The number of nitrogens with one attached hydrogen (secondary N) is 1. The molecule has 0 fully saturated rings. The second-order valence-electron chi connectivity index (χ2n) is 6.17. The number of Topliss-reactive ketones (excluding diaryl/α,β-unsaturated/α-hetero) is 1. The van der Waals surface area contributed by atoms with Gasteiger partial charge < -0.3 is 0 Å². The number of anilines is 1. The average molecular weight is 379 g/mol. The predicted octanol–water partition coefficient (Wildman–Crippen LogP) is 4.31. The highest BCUT2D eigenvalue weighted by atomic mass is 79.9. The summed E-state index contributed by atoms with van der Waals surface area (Å²) in [5.74, 6) is -0.115. The van der Waals surface area contributed by atoms with Gasteiger partial charge in [-0.25, -0.2) is 4.98 Å². The number of benzene rings is 1. The zero-order valence-corrected chi connectivity index (χ0v) is 14.7. The molecule has 1 aromatic heterocycles. The lowest BCUT2D eigenvalue weighted by atomic mass is 9.78. The van der Waals surface area contributed by atoms with E-state index in [4.69, 9.17) is 0 Å². The molecule has 0 bridgehead atoms. The molecule has 1 aliphatic carbocycles. The number of nitrogens with zero attached hydrogens (tertiary/aromatic N) is 1. The summed E-state index contributed by atoms with van der Waals surface area (Å²) in [6.07, 6.45) is 1.29. The van der Waals surface area contributed by atoms with Gasteiger partial charge in [-0.3, -0.25) is 14.9 Å². The Labute approximate surface area is 141 Å². The highest BCUT2D eigenvalue weighted by Crippen LogP contribution is 2.38. The van der Waals surface area contributed by atoms with Crippen LogP contribution in [-0.4, -0.2) is 16.7 Å². The second kappa shape index (κ2) is 5.59. The van der Waals surface area contributed by atoms with Crippen LogP contribution >= 0.6 is 27.3 Å². The van der Waals surface area contributed by atoms with Crippen LogP contribution in [0.2, 0.25) is 0 Å². The first-order valence-electron chi connectivity index (χ1n) is 6.94. The van der Waals surface area contributed by atoms with Gasteiger partial charge in [0, 0.05) is 10.9 Å². The molecule has 0 radical (unpaired) electrons. The van der Waals surface area contributed by atoms with Crippen LogP contribution in [0.25, 0.3) is 0 Å². The summed E-state index contributed by atoms with van der Waals surface area (Å²) in [5, 5.41) is 3.27. The molecule has 3 rings (SSSR count). The van der Waals surface area contributed by atoms with Gasteiger partial charge >= 0.3 is 0 Å². The number of amides is 1. The molecule has 6 heteroatoms. The van der Waals surface area contributed by atoms with Gasteiger partial charge in [0.2, 0.25) is 0 Å². The molecule has 1 aliphatic rings. The Bertz CT molecular complexity index is 767. The number of carbonyl (C=O) groups excluding carboxylic acids is 2. The summed E-state index contributed by atoms with van der Waals surface area (Å²) in [6.45, 7) is 4.12. The van der Waals surface area contributed by atoms with E-state index in [9.17, 15) is 9.59 Å². The maximum Gasteiger partial charge on any atom is 0.258 e. The van der Waals surface area contributed by atoms with E-state index in [1.165, 1.54) is 11.3 Å². The molecule has 1 amide bonds. The minimum atomic E-state index is -0.231. The van der Waals surface area contributed by atoms with Gasteiger partial charge in [-0.05, 0) is 39.9 Å². The van der Waals surface area contributed by atoms with E-state index in [0.29, 0.717) is 22.0 Å². The summed E-state index contributed by atoms with van der Waals surface area (Å²) in [4.78, 5) is 29.6. The van der Waals surface area contributed by atoms with Crippen molar-refractivity contribution in [1.82, 2.24) is 4.98 Å². The van der Waals surface area contributed by atoms with Crippen molar-refractivity contribution in [2.75, 3.05) is 5.32 Å². The third kappa shape index (κ3) is 2.98. The molecule has 4 nitrogen and oxygen atoms in total. The van der Waals surface area contributed by atoms with Crippen molar-refractivity contribution in [3.8, 4) is 0 Å². The molecule has 22 heavy (non-hydrogen) atoms. The number of halogens is 1. The molecule has 0 aliphatic heterocycles. The Morgan fingerprint density at radius 3 is 2.77 bits per heavy atom. The number of ketones is 1. The highest BCUT2D eigenvalue weighted by Gasteiger charge is 2.34. The van der Waals surface area contributed by atoms with Crippen LogP contribution in [-0.2, 0) is 6.42 Å². The molecule has 0 spiro atoms. The van der Waals surface area contributed by atoms with Crippen molar-refractivity contribution in [3.05, 3.63) is 44.9 Å². The summed E-state index contributed by atoms with van der Waals surface area (Å²) in [6, 6.07) is 7.21. The lowest BCUT2D eigenvalue weighted by Gasteiger charge is -2.26. The second-order valence-corrected chi connectivity index (χ2v) is 8.02. The van der Waals surface area contributed by atoms with Crippen LogP contribution in [0.5, 0.6) is 0 Å². The van der Waals surface area contributed by atoms with Crippen LogP contribution in [0, 0.1) is 5.41 Å². The molecule has 0 saturated heterocycles. The number of carbonyl (C=O) groups is 2. The van der Waals surface area contributed by atoms with Crippen molar-refractivity contribution in [3.63, 3.8) is 0 Å². The van der Waals surface area contributed by atoms with Crippen molar-refractivity contribution >= 4 is 44.1 Å². The van der Waals surface area contributed by atoms with Crippen molar-refractivity contribution < 1.29 is 9.59 Å². The molecule has 114 valence electrons. The van der Waals surface area contributed by atoms with E-state index in [1.807, 2.05) is 12.1 Å². The Morgan fingerprint density at radius 2 is 2.05 bits per heavy atom. The van der Waals surface area contributed by atoms with Gasteiger partial charge in [0.15, 0.2) is 10.9 Å². The topological polar surface area (TPSA) is 59.1 Å². The van der Waals surface area contributed by atoms with Crippen LogP contribution in [0.3, 0.4) is 0 Å². The van der Waals surface area contributed by atoms with Crippen molar-refractivity contribution in [1.29, 1.82) is 0 Å². The lowest BCUT2D eigenvalue weighted by Crippen LogP contribution is -2.26. The molecule has 0 saturated carbocycles. The average Bonchev–Trinajstić information content (AvgIpc) is 2.80. The first-order valence-corrected chi connectivity index (χ1v) is 8.55. The van der Waals surface area contributed by atoms with Crippen LogP contribution in [0.4, 0.5) is 5.13 Å². The number of thiazole rings is 1. The maximum atomic E-state index is 12.3. The first-order chi connectivity index (χ1) is 10.4. The molecule has 0 atom stereocenters. The SMILES string of the molecule is CC1(C)CC(=O)c2sc(NC(=O)c3ccccc3Br)nc2C1. The predicted molar refractivity (Wildman–Crippen MR) is 90.6 cm³/mol. The van der Waals surface area contributed by atoms with Gasteiger partial charge in [0.05, 0.1) is 16.1 Å². The monoisotopic (exact) mass is 378 g/mol. The van der Waals surface area contributed by atoms with E-state index in [2.05, 4.69) is 40.1 Å². The van der Waals surface area contributed by atoms with Gasteiger partial charge in [-0.1, -0.05) is 37.3 Å². The van der Waals surface area contributed by atoms with Crippen molar-refractivity contribution in [2.24, 2.45) is 5.41 Å². The zero-order chi connectivity index (χ0) is 15.9. The maximum absolute atomic E-state index is 12.3. The van der Waals surface area contributed by atoms with E-state index in [1.54, 1.807) is 12.1 Å². The molecule has 2 aromatic rings. The number of hydrogen-bond acceptors (Lipinski definition) is 4. The van der Waals surface area contributed by atoms with Crippen LogP contribution in [0.1, 0.15) is 46.0 Å². The zero-order valence-electron chi connectivity index (χ0n) is 12.3. The minimum Gasteiger partial charge on any atom is -0.298 e. The van der Waals surface area contributed by atoms with Gasteiger partial charge in [-0.2, -0.15) is 0 Å². The van der Waals surface area contributed by atoms with E-state index < -0.39 is 0 Å². The van der Waals surface area contributed by atoms with Gasteiger partial charge in [-0.15, -0.1) is 0 Å². The standard InChI is InChI=1S/C16H15BrN2O2S/c1-16(2)7-11-13(12(20)8-16)22-15(18-11)19-14(21)9-5-3-4-6-10(9)17/h3-6H,7-8H2,1-2H3,(H,18,19,21). The summed E-state index contributed by atoms with van der Waals surface area (Å²) < 4.78 is 0.728. The fourth-order valence-corrected chi connectivity index (χ4v) is 3.96. The summed E-state index contributed by atoms with van der Waals surface area (Å²) >= 11 is 4.62. The molecule has 1 N–H and O–H groups in total. The fourth-order valence-electron chi connectivity index (χ4n) is 2.58. The lowest BCUT2D eigenvalue weighted by molar-refractivity contribution is 0.0915. The summed E-state index contributed by atoms with van der Waals surface area (Å²) in [7, 11) is 0. The molecular weight excluding hydrogens is 364 g/mol. The minimum absolute atomic E-state index is 0.0676. The Morgan fingerprint density at radius 1 is 1.32 bits per heavy atom. The normalized spacial score (nSPS) is 16.2. The van der Waals surface area contributed by atoms with E-state index in [-0.39, 0.29) is 17.1 Å². The molecule has 1 aromatic carbocycles. The van der Waals surface area contributed by atoms with Crippen molar-refractivity contribution in [2.45, 2.75) is 26.7 Å². The van der Waals surface area contributed by atoms with Gasteiger partial charge in [0.1, 0.15) is 0 Å². The third-order valence-electron chi connectivity index (χ3n) is 3.57. The highest BCUT2D eigenvalue weighted by molar-refractivity contribution is 9.10. The third-order valence-corrected chi connectivity index (χ3v) is 5.32. The number of hydrogen-bond donors (Lipinski definition) is 1. The Balaban J connectivity index is 1.85. The van der Waals surface area contributed by atoms with Crippen LogP contribution < -0.4 is 5.32 Å². The largest absolute Gasteiger partial charge is 0.298 e. The number of fused-ring (bicyclic) bond motifs is 1. The smallest absolute Gasteiger partial charge is 0.258 e. The Hall–Kier alpha value is -1.53. The van der Waals surface area contributed by atoms with E-state index in [0.717, 1.165) is 16.6 Å².